The molecule has 5 nitrogen and oxygen atoms in total. The lowest BCUT2D eigenvalue weighted by Crippen LogP contribution is -2.46. The molecule has 2 aromatic carbocycles. The lowest BCUT2D eigenvalue weighted by molar-refractivity contribution is -0.130. The standard InChI is InChI=1S/C22H26N2O3/c1-3-24-16-18(27-21-12-8-7-11-19(21)24)15-23(2)22(26)14-13-20(25)17-9-5-4-6-10-17/h4-12,18H,3,13-16H2,1-2H3/t18-/m1/s1. The van der Waals surface area contributed by atoms with Crippen LogP contribution in [0.25, 0.3) is 0 Å². The second-order valence-electron chi connectivity index (χ2n) is 6.81. The topological polar surface area (TPSA) is 49.9 Å². The molecule has 1 amide bonds. The lowest BCUT2D eigenvalue weighted by atomic mass is 10.1. The van der Waals surface area contributed by atoms with Gasteiger partial charge in [0, 0.05) is 32.0 Å². The van der Waals surface area contributed by atoms with E-state index in [2.05, 4.69) is 17.9 Å². The first-order valence-electron chi connectivity index (χ1n) is 9.41. The van der Waals surface area contributed by atoms with Gasteiger partial charge in [-0.05, 0) is 19.1 Å². The Morgan fingerprint density at radius 1 is 1.07 bits per heavy atom. The molecule has 1 heterocycles. The van der Waals surface area contributed by atoms with Crippen molar-refractivity contribution in [3.05, 3.63) is 60.2 Å². The number of likely N-dealkylation sites (N-methyl/N-ethyl adjacent to an activating group) is 2. The molecule has 1 aliphatic heterocycles. The molecule has 0 N–H and O–H groups in total. The van der Waals surface area contributed by atoms with Crippen LogP contribution in [-0.4, -0.2) is 49.4 Å². The fourth-order valence-corrected chi connectivity index (χ4v) is 3.36. The van der Waals surface area contributed by atoms with Gasteiger partial charge in [-0.25, -0.2) is 0 Å². The van der Waals surface area contributed by atoms with E-state index in [9.17, 15) is 9.59 Å². The molecular formula is C22H26N2O3. The molecule has 0 saturated carbocycles. The number of hydrogen-bond donors (Lipinski definition) is 0. The van der Waals surface area contributed by atoms with E-state index in [1.165, 1.54) is 0 Å². The summed E-state index contributed by atoms with van der Waals surface area (Å²) in [5.74, 6) is 0.817. The first-order valence-corrected chi connectivity index (χ1v) is 9.41. The van der Waals surface area contributed by atoms with Crippen molar-refractivity contribution in [1.82, 2.24) is 4.90 Å². The van der Waals surface area contributed by atoms with E-state index in [0.717, 1.165) is 24.5 Å². The number of para-hydroxylation sites is 2. The number of fused-ring (bicyclic) bond motifs is 1. The minimum Gasteiger partial charge on any atom is -0.485 e. The average molecular weight is 366 g/mol. The molecule has 0 aliphatic carbocycles. The Balaban J connectivity index is 1.53. The third kappa shape index (κ3) is 4.67. The van der Waals surface area contributed by atoms with Crippen LogP contribution in [0.1, 0.15) is 30.1 Å². The van der Waals surface area contributed by atoms with Crippen molar-refractivity contribution in [3.63, 3.8) is 0 Å². The highest BCUT2D eigenvalue weighted by Gasteiger charge is 2.26. The largest absolute Gasteiger partial charge is 0.485 e. The summed E-state index contributed by atoms with van der Waals surface area (Å²) >= 11 is 0. The highest BCUT2D eigenvalue weighted by Crippen LogP contribution is 2.32. The van der Waals surface area contributed by atoms with Crippen molar-refractivity contribution >= 4 is 17.4 Å². The Bertz CT molecular complexity index is 791. The third-order valence-corrected chi connectivity index (χ3v) is 4.87. The SMILES string of the molecule is CCN1C[C@@H](CN(C)C(=O)CCC(=O)c2ccccc2)Oc2ccccc21. The number of rotatable bonds is 7. The zero-order valence-corrected chi connectivity index (χ0v) is 15.9. The van der Waals surface area contributed by atoms with Gasteiger partial charge in [-0.3, -0.25) is 9.59 Å². The second kappa shape index (κ2) is 8.71. The van der Waals surface area contributed by atoms with Crippen LogP contribution in [0.15, 0.2) is 54.6 Å². The van der Waals surface area contributed by atoms with Gasteiger partial charge in [-0.15, -0.1) is 0 Å². The highest BCUT2D eigenvalue weighted by atomic mass is 16.5. The highest BCUT2D eigenvalue weighted by molar-refractivity contribution is 5.97. The van der Waals surface area contributed by atoms with Gasteiger partial charge in [0.05, 0.1) is 18.8 Å². The van der Waals surface area contributed by atoms with Crippen LogP contribution in [0.4, 0.5) is 5.69 Å². The molecule has 1 atom stereocenters. The van der Waals surface area contributed by atoms with Gasteiger partial charge in [-0.2, -0.15) is 0 Å². The van der Waals surface area contributed by atoms with Gasteiger partial charge in [0.1, 0.15) is 11.9 Å². The maximum Gasteiger partial charge on any atom is 0.222 e. The number of anilines is 1. The lowest BCUT2D eigenvalue weighted by Gasteiger charge is -2.37. The minimum atomic E-state index is -0.0846. The predicted octanol–water partition coefficient (Wildman–Crippen LogP) is 3.40. The van der Waals surface area contributed by atoms with Crippen LogP contribution in [0.3, 0.4) is 0 Å². The zero-order chi connectivity index (χ0) is 19.2. The Morgan fingerprint density at radius 2 is 1.78 bits per heavy atom. The molecule has 3 rings (SSSR count). The molecule has 0 bridgehead atoms. The number of ether oxygens (including phenoxy) is 1. The van der Waals surface area contributed by atoms with Gasteiger partial charge in [0.15, 0.2) is 5.78 Å². The van der Waals surface area contributed by atoms with E-state index in [1.807, 2.05) is 36.4 Å². The molecule has 0 aromatic heterocycles. The number of ketones is 1. The molecule has 1 aliphatic rings. The predicted molar refractivity (Wildman–Crippen MR) is 106 cm³/mol. The van der Waals surface area contributed by atoms with Crippen molar-refractivity contribution in [2.24, 2.45) is 0 Å². The normalized spacial score (nSPS) is 15.6. The van der Waals surface area contributed by atoms with E-state index >= 15 is 0 Å². The van der Waals surface area contributed by atoms with E-state index in [0.29, 0.717) is 12.1 Å². The van der Waals surface area contributed by atoms with E-state index in [1.54, 1.807) is 24.1 Å². The molecule has 0 radical (unpaired) electrons. The molecular weight excluding hydrogens is 340 g/mol. The second-order valence-corrected chi connectivity index (χ2v) is 6.81. The maximum absolute atomic E-state index is 12.5. The van der Waals surface area contributed by atoms with Gasteiger partial charge in [0.25, 0.3) is 0 Å². The zero-order valence-electron chi connectivity index (χ0n) is 15.9. The fraction of sp³-hybridized carbons (Fsp3) is 0.364. The molecule has 0 unspecified atom stereocenters. The number of benzene rings is 2. The average Bonchev–Trinajstić information content (AvgIpc) is 2.71. The maximum atomic E-state index is 12.5. The van der Waals surface area contributed by atoms with E-state index < -0.39 is 0 Å². The Morgan fingerprint density at radius 3 is 2.52 bits per heavy atom. The summed E-state index contributed by atoms with van der Waals surface area (Å²) < 4.78 is 6.08. The van der Waals surface area contributed by atoms with E-state index in [4.69, 9.17) is 4.74 Å². The number of amides is 1. The van der Waals surface area contributed by atoms with Crippen LogP contribution in [0.5, 0.6) is 5.75 Å². The van der Waals surface area contributed by atoms with Gasteiger partial charge in [0.2, 0.25) is 5.91 Å². The third-order valence-electron chi connectivity index (χ3n) is 4.87. The number of Topliss-reactive ketones (excluding diaryl/α,β-unsaturated/α-hetero) is 1. The number of nitrogens with zero attached hydrogens (tertiary/aromatic N) is 2. The van der Waals surface area contributed by atoms with Crippen LogP contribution in [-0.2, 0) is 4.79 Å². The quantitative estimate of drug-likeness (QED) is 0.705. The van der Waals surface area contributed by atoms with Crippen LogP contribution < -0.4 is 9.64 Å². The summed E-state index contributed by atoms with van der Waals surface area (Å²) in [7, 11) is 1.77. The summed E-state index contributed by atoms with van der Waals surface area (Å²) in [5.41, 5.74) is 1.75. The number of carbonyl (C=O) groups excluding carboxylic acids is 2. The van der Waals surface area contributed by atoms with Crippen LogP contribution in [0.2, 0.25) is 0 Å². The van der Waals surface area contributed by atoms with Crippen molar-refractivity contribution in [2.45, 2.75) is 25.9 Å². The molecule has 5 heteroatoms. The molecule has 0 saturated heterocycles. The van der Waals surface area contributed by atoms with Crippen LogP contribution in [0, 0.1) is 0 Å². The molecule has 0 spiro atoms. The number of hydrogen-bond acceptors (Lipinski definition) is 4. The molecule has 2 aromatic rings. The van der Waals surface area contributed by atoms with Crippen LogP contribution >= 0.6 is 0 Å². The Labute approximate surface area is 160 Å². The Kier molecular flexibility index (Phi) is 6.12. The van der Waals surface area contributed by atoms with Crippen molar-refractivity contribution in [1.29, 1.82) is 0 Å². The summed E-state index contributed by atoms with van der Waals surface area (Å²) in [6, 6.07) is 17.1. The first-order chi connectivity index (χ1) is 13.1. The van der Waals surface area contributed by atoms with Gasteiger partial charge >= 0.3 is 0 Å². The van der Waals surface area contributed by atoms with Gasteiger partial charge in [-0.1, -0.05) is 42.5 Å². The molecule has 27 heavy (non-hydrogen) atoms. The summed E-state index contributed by atoms with van der Waals surface area (Å²) in [6.07, 6.45) is 0.354. The summed E-state index contributed by atoms with van der Waals surface area (Å²) in [4.78, 5) is 28.6. The van der Waals surface area contributed by atoms with Crippen molar-refractivity contribution in [2.75, 3.05) is 31.6 Å². The summed E-state index contributed by atoms with van der Waals surface area (Å²) in [5, 5.41) is 0. The summed E-state index contributed by atoms with van der Waals surface area (Å²) in [6.45, 7) is 4.25. The molecule has 142 valence electrons. The first kappa shape index (κ1) is 19.0. The smallest absolute Gasteiger partial charge is 0.222 e. The molecule has 0 fully saturated rings. The minimum absolute atomic E-state index is 0.00245. The monoisotopic (exact) mass is 366 g/mol. The van der Waals surface area contributed by atoms with E-state index in [-0.39, 0.29) is 30.6 Å². The fourth-order valence-electron chi connectivity index (χ4n) is 3.36. The van der Waals surface area contributed by atoms with Gasteiger partial charge < -0.3 is 14.5 Å². The Hall–Kier alpha value is -2.82. The van der Waals surface area contributed by atoms with Crippen molar-refractivity contribution < 1.29 is 14.3 Å². The van der Waals surface area contributed by atoms with Crippen molar-refractivity contribution in [3.8, 4) is 5.75 Å². The number of carbonyl (C=O) groups is 2.